The van der Waals surface area contributed by atoms with Gasteiger partial charge in [-0.2, -0.15) is 0 Å². The first-order chi connectivity index (χ1) is 12.5. The molecule has 0 unspecified atom stereocenters. The summed E-state index contributed by atoms with van der Waals surface area (Å²) >= 11 is 0. The molecular formula is C20H23FN2O3. The van der Waals surface area contributed by atoms with Crippen LogP contribution in [-0.4, -0.2) is 30.1 Å². The summed E-state index contributed by atoms with van der Waals surface area (Å²) in [5.74, 6) is -1.90. The molecule has 2 aromatic carbocycles. The van der Waals surface area contributed by atoms with Crippen molar-refractivity contribution in [3.63, 3.8) is 0 Å². The van der Waals surface area contributed by atoms with Gasteiger partial charge in [0.2, 0.25) is 0 Å². The molecule has 2 rings (SSSR count). The number of carbonyl (C=O) groups excluding carboxylic acids is 1. The third-order valence-corrected chi connectivity index (χ3v) is 4.10. The molecule has 0 aliphatic carbocycles. The second-order valence-corrected chi connectivity index (χ2v) is 5.93. The number of carboxylic acids is 1. The molecule has 26 heavy (non-hydrogen) atoms. The molecule has 5 nitrogen and oxygen atoms in total. The first-order valence-corrected chi connectivity index (χ1v) is 8.65. The Labute approximate surface area is 152 Å². The molecule has 0 atom stereocenters. The minimum Gasteiger partial charge on any atom is -0.478 e. The van der Waals surface area contributed by atoms with Crippen molar-refractivity contribution >= 4 is 23.3 Å². The molecular weight excluding hydrogens is 335 g/mol. The van der Waals surface area contributed by atoms with Crippen LogP contribution in [0.2, 0.25) is 0 Å². The molecule has 6 heteroatoms. The Hall–Kier alpha value is -2.89. The highest BCUT2D eigenvalue weighted by Gasteiger charge is 2.16. The molecule has 0 bridgehead atoms. The fraction of sp³-hybridized carbons (Fsp3) is 0.300. The van der Waals surface area contributed by atoms with Crippen LogP contribution in [0.15, 0.2) is 42.5 Å². The number of rotatable bonds is 8. The summed E-state index contributed by atoms with van der Waals surface area (Å²) in [6, 6.07) is 9.89. The fourth-order valence-corrected chi connectivity index (χ4v) is 2.64. The number of nitrogens with zero attached hydrogens (tertiary/aromatic N) is 1. The topological polar surface area (TPSA) is 69.6 Å². The predicted molar refractivity (Wildman–Crippen MR) is 101 cm³/mol. The van der Waals surface area contributed by atoms with E-state index in [1.807, 2.05) is 6.92 Å². The molecule has 0 aliphatic heterocycles. The van der Waals surface area contributed by atoms with Crippen molar-refractivity contribution < 1.29 is 19.1 Å². The van der Waals surface area contributed by atoms with Gasteiger partial charge in [-0.1, -0.05) is 13.3 Å². The largest absolute Gasteiger partial charge is 0.478 e. The highest BCUT2D eigenvalue weighted by atomic mass is 19.1. The van der Waals surface area contributed by atoms with E-state index in [1.54, 1.807) is 6.07 Å². The normalized spacial score (nSPS) is 10.4. The van der Waals surface area contributed by atoms with Crippen LogP contribution in [0.5, 0.6) is 0 Å². The predicted octanol–water partition coefficient (Wildman–Crippen LogP) is 4.40. The van der Waals surface area contributed by atoms with E-state index in [4.69, 9.17) is 0 Å². The molecule has 1 amide bonds. The molecule has 0 fully saturated rings. The van der Waals surface area contributed by atoms with Crippen LogP contribution in [0.3, 0.4) is 0 Å². The third kappa shape index (κ3) is 4.81. The number of carbonyl (C=O) groups is 2. The summed E-state index contributed by atoms with van der Waals surface area (Å²) in [6.07, 6.45) is 2.01. The zero-order valence-electron chi connectivity index (χ0n) is 15.0. The number of anilines is 2. The lowest BCUT2D eigenvalue weighted by molar-refractivity contribution is 0.0696. The van der Waals surface area contributed by atoms with Crippen LogP contribution in [0.1, 0.15) is 47.4 Å². The van der Waals surface area contributed by atoms with Crippen LogP contribution in [0.25, 0.3) is 0 Å². The SMILES string of the molecule is CCCCN(CC)c1ccc(C(=O)O)cc1NC(=O)c1ccc(F)cc1. The Kier molecular flexibility index (Phi) is 6.72. The molecule has 0 saturated carbocycles. The summed E-state index contributed by atoms with van der Waals surface area (Å²) in [5, 5.41) is 12.0. The number of hydrogen-bond acceptors (Lipinski definition) is 3. The van der Waals surface area contributed by atoms with Crippen molar-refractivity contribution in [2.45, 2.75) is 26.7 Å². The van der Waals surface area contributed by atoms with Gasteiger partial charge in [-0.25, -0.2) is 9.18 Å². The van der Waals surface area contributed by atoms with Gasteiger partial charge in [-0.15, -0.1) is 0 Å². The monoisotopic (exact) mass is 358 g/mol. The highest BCUT2D eigenvalue weighted by Crippen LogP contribution is 2.28. The molecule has 0 aliphatic rings. The zero-order chi connectivity index (χ0) is 19.1. The van der Waals surface area contributed by atoms with Crippen molar-refractivity contribution in [2.24, 2.45) is 0 Å². The van der Waals surface area contributed by atoms with Crippen molar-refractivity contribution in [1.29, 1.82) is 0 Å². The van der Waals surface area contributed by atoms with E-state index in [2.05, 4.69) is 17.1 Å². The Morgan fingerprint density at radius 3 is 2.31 bits per heavy atom. The summed E-state index contributed by atoms with van der Waals surface area (Å²) in [4.78, 5) is 25.9. The Bertz CT molecular complexity index is 775. The van der Waals surface area contributed by atoms with Crippen molar-refractivity contribution in [3.8, 4) is 0 Å². The number of nitrogens with one attached hydrogen (secondary N) is 1. The highest BCUT2D eigenvalue weighted by molar-refractivity contribution is 6.06. The van der Waals surface area contributed by atoms with E-state index in [0.29, 0.717) is 11.3 Å². The van der Waals surface area contributed by atoms with Crippen LogP contribution in [0, 0.1) is 5.82 Å². The molecule has 0 saturated heterocycles. The van der Waals surface area contributed by atoms with Gasteiger partial charge in [0.25, 0.3) is 5.91 Å². The van der Waals surface area contributed by atoms with Gasteiger partial charge < -0.3 is 15.3 Å². The number of aromatic carboxylic acids is 1. The van der Waals surface area contributed by atoms with Gasteiger partial charge >= 0.3 is 5.97 Å². The lowest BCUT2D eigenvalue weighted by Crippen LogP contribution is -2.26. The third-order valence-electron chi connectivity index (χ3n) is 4.10. The second-order valence-electron chi connectivity index (χ2n) is 5.93. The van der Waals surface area contributed by atoms with E-state index in [0.717, 1.165) is 31.6 Å². The van der Waals surface area contributed by atoms with Crippen LogP contribution in [-0.2, 0) is 0 Å². The number of amides is 1. The molecule has 0 aromatic heterocycles. The lowest BCUT2D eigenvalue weighted by atomic mass is 10.1. The van der Waals surface area contributed by atoms with Gasteiger partial charge in [0.15, 0.2) is 0 Å². The molecule has 2 N–H and O–H groups in total. The van der Waals surface area contributed by atoms with Crippen LogP contribution in [0.4, 0.5) is 15.8 Å². The van der Waals surface area contributed by atoms with Gasteiger partial charge in [0.05, 0.1) is 16.9 Å². The quantitative estimate of drug-likeness (QED) is 0.734. The zero-order valence-corrected chi connectivity index (χ0v) is 15.0. The van der Waals surface area contributed by atoms with E-state index in [1.165, 1.54) is 36.4 Å². The molecule has 2 aromatic rings. The average molecular weight is 358 g/mol. The number of carboxylic acid groups (broad SMARTS) is 1. The van der Waals surface area contributed by atoms with E-state index < -0.39 is 17.7 Å². The van der Waals surface area contributed by atoms with Crippen molar-refractivity contribution in [1.82, 2.24) is 0 Å². The Morgan fingerprint density at radius 2 is 1.73 bits per heavy atom. The second kappa shape index (κ2) is 8.99. The minimum atomic E-state index is -1.06. The first kappa shape index (κ1) is 19.4. The Balaban J connectivity index is 2.36. The molecule has 138 valence electrons. The molecule has 0 heterocycles. The maximum Gasteiger partial charge on any atom is 0.335 e. The maximum absolute atomic E-state index is 13.0. The van der Waals surface area contributed by atoms with E-state index >= 15 is 0 Å². The number of unbranched alkanes of at least 4 members (excludes halogenated alkanes) is 1. The first-order valence-electron chi connectivity index (χ1n) is 8.65. The van der Waals surface area contributed by atoms with Crippen LogP contribution >= 0.6 is 0 Å². The summed E-state index contributed by atoms with van der Waals surface area (Å²) in [7, 11) is 0. The van der Waals surface area contributed by atoms with Gasteiger partial charge in [-0.05, 0) is 55.8 Å². The smallest absolute Gasteiger partial charge is 0.335 e. The van der Waals surface area contributed by atoms with Gasteiger partial charge in [0.1, 0.15) is 5.82 Å². The number of halogens is 1. The van der Waals surface area contributed by atoms with Gasteiger partial charge in [-0.3, -0.25) is 4.79 Å². The summed E-state index contributed by atoms with van der Waals surface area (Å²) in [5.41, 5.74) is 1.59. The van der Waals surface area contributed by atoms with Crippen molar-refractivity contribution in [3.05, 3.63) is 59.4 Å². The lowest BCUT2D eigenvalue weighted by Gasteiger charge is -2.26. The van der Waals surface area contributed by atoms with E-state index in [-0.39, 0.29) is 5.56 Å². The minimum absolute atomic E-state index is 0.0923. The Morgan fingerprint density at radius 1 is 1.08 bits per heavy atom. The molecule has 0 spiro atoms. The average Bonchev–Trinajstić information content (AvgIpc) is 2.63. The number of benzene rings is 2. The van der Waals surface area contributed by atoms with Crippen molar-refractivity contribution in [2.75, 3.05) is 23.3 Å². The standard InChI is InChI=1S/C20H23FN2O3/c1-3-5-12-23(4-2)18-11-8-15(20(25)26)13-17(18)22-19(24)14-6-9-16(21)10-7-14/h6-11,13H,3-5,12H2,1-2H3,(H,22,24)(H,25,26). The fourth-order valence-electron chi connectivity index (χ4n) is 2.64. The number of hydrogen-bond donors (Lipinski definition) is 2. The van der Waals surface area contributed by atoms with E-state index in [9.17, 15) is 19.1 Å². The van der Waals surface area contributed by atoms with Crippen LogP contribution < -0.4 is 10.2 Å². The summed E-state index contributed by atoms with van der Waals surface area (Å²) < 4.78 is 13.0. The molecule has 0 radical (unpaired) electrons. The van der Waals surface area contributed by atoms with Gasteiger partial charge in [0, 0.05) is 18.7 Å². The summed E-state index contributed by atoms with van der Waals surface area (Å²) in [6.45, 7) is 5.63. The maximum atomic E-state index is 13.0.